The average molecular weight is 416 g/mol. The lowest BCUT2D eigenvalue weighted by Crippen LogP contribution is -2.35. The highest BCUT2D eigenvalue weighted by atomic mass is 16.2. The molecule has 7 nitrogen and oxygen atoms in total. The van der Waals surface area contributed by atoms with Crippen molar-refractivity contribution in [3.05, 3.63) is 65.7 Å². The lowest BCUT2D eigenvalue weighted by atomic mass is 10.1. The van der Waals surface area contributed by atoms with Crippen molar-refractivity contribution in [3.8, 4) is 12.3 Å². The minimum atomic E-state index is -0.340. The molecule has 7 heteroatoms. The predicted molar refractivity (Wildman–Crippen MR) is 119 cm³/mol. The molecular formula is C24H24N4O3. The van der Waals surface area contributed by atoms with E-state index in [-0.39, 0.29) is 37.1 Å². The third-order valence-corrected chi connectivity index (χ3v) is 4.87. The number of hydrogen-bond donors (Lipinski definition) is 1. The summed E-state index contributed by atoms with van der Waals surface area (Å²) in [5.41, 5.74) is 3.08. The van der Waals surface area contributed by atoms with E-state index < -0.39 is 0 Å². The summed E-state index contributed by atoms with van der Waals surface area (Å²) < 4.78 is 0. The molecule has 1 aliphatic rings. The van der Waals surface area contributed by atoms with Crippen LogP contribution >= 0.6 is 0 Å². The van der Waals surface area contributed by atoms with Gasteiger partial charge in [0.1, 0.15) is 0 Å². The van der Waals surface area contributed by atoms with Crippen LogP contribution < -0.4 is 5.32 Å². The Balaban J connectivity index is 1.45. The van der Waals surface area contributed by atoms with Gasteiger partial charge in [-0.25, -0.2) is 5.01 Å². The summed E-state index contributed by atoms with van der Waals surface area (Å²) in [5, 5.41) is 8.52. The van der Waals surface area contributed by atoms with Gasteiger partial charge in [0.15, 0.2) is 0 Å². The van der Waals surface area contributed by atoms with Crippen LogP contribution in [0.3, 0.4) is 0 Å². The van der Waals surface area contributed by atoms with Crippen molar-refractivity contribution in [1.82, 2.24) is 9.91 Å². The van der Waals surface area contributed by atoms with E-state index in [1.54, 1.807) is 24.3 Å². The van der Waals surface area contributed by atoms with E-state index in [9.17, 15) is 14.4 Å². The second-order valence-electron chi connectivity index (χ2n) is 7.20. The Labute approximate surface area is 181 Å². The maximum atomic E-state index is 12.4. The van der Waals surface area contributed by atoms with Crippen LogP contribution in [0.1, 0.15) is 30.4 Å². The number of amides is 3. The second-order valence-corrected chi connectivity index (χ2v) is 7.20. The minimum absolute atomic E-state index is 0.0158. The first-order valence-corrected chi connectivity index (χ1v) is 10.00. The SMILES string of the molecule is C#Cc1cccc(NC(=O)CN(C)C(=O)CCC(=O)N2CCC(c3ccccc3)=N2)c1. The zero-order chi connectivity index (χ0) is 22.2. The van der Waals surface area contributed by atoms with Crippen LogP contribution in [0.4, 0.5) is 5.69 Å². The highest BCUT2D eigenvalue weighted by Crippen LogP contribution is 2.15. The van der Waals surface area contributed by atoms with Gasteiger partial charge in [0.05, 0.1) is 18.8 Å². The van der Waals surface area contributed by atoms with Crippen LogP contribution in [-0.4, -0.2) is 53.5 Å². The summed E-state index contributed by atoms with van der Waals surface area (Å²) in [6.07, 6.45) is 6.10. The third-order valence-electron chi connectivity index (χ3n) is 4.87. The van der Waals surface area contributed by atoms with Gasteiger partial charge in [-0.1, -0.05) is 42.3 Å². The molecule has 158 valence electrons. The fourth-order valence-electron chi connectivity index (χ4n) is 3.20. The van der Waals surface area contributed by atoms with E-state index in [0.29, 0.717) is 24.2 Å². The molecule has 3 rings (SSSR count). The molecule has 1 N–H and O–H groups in total. The first-order valence-electron chi connectivity index (χ1n) is 10.00. The summed E-state index contributed by atoms with van der Waals surface area (Å²) >= 11 is 0. The topological polar surface area (TPSA) is 82.1 Å². The molecule has 0 saturated heterocycles. The standard InChI is InChI=1S/C24H24N4O3/c1-3-18-8-7-11-20(16-18)25-22(29)17-27(2)23(30)12-13-24(31)28-15-14-21(26-28)19-9-5-4-6-10-19/h1,4-11,16H,12-15,17H2,2H3,(H,25,29). The molecular weight excluding hydrogens is 392 g/mol. The van der Waals surface area contributed by atoms with Gasteiger partial charge < -0.3 is 10.2 Å². The number of anilines is 1. The number of likely N-dealkylation sites (N-methyl/N-ethyl adjacent to an activating group) is 1. The lowest BCUT2D eigenvalue weighted by Gasteiger charge is -2.17. The van der Waals surface area contributed by atoms with Gasteiger partial charge in [0, 0.05) is 37.6 Å². The lowest BCUT2D eigenvalue weighted by molar-refractivity contribution is -0.137. The fourth-order valence-corrected chi connectivity index (χ4v) is 3.20. The molecule has 0 aromatic heterocycles. The van der Waals surface area contributed by atoms with Crippen LogP contribution in [0.2, 0.25) is 0 Å². The highest BCUT2D eigenvalue weighted by Gasteiger charge is 2.23. The van der Waals surface area contributed by atoms with Crippen molar-refractivity contribution in [2.24, 2.45) is 5.10 Å². The van der Waals surface area contributed by atoms with Gasteiger partial charge in [-0.3, -0.25) is 14.4 Å². The number of nitrogens with zero attached hydrogens (tertiary/aromatic N) is 3. The summed E-state index contributed by atoms with van der Waals surface area (Å²) in [6, 6.07) is 16.6. The van der Waals surface area contributed by atoms with Crippen LogP contribution in [0.5, 0.6) is 0 Å². The van der Waals surface area contributed by atoms with Gasteiger partial charge in [-0.15, -0.1) is 6.42 Å². The highest BCUT2D eigenvalue weighted by molar-refractivity contribution is 6.02. The molecule has 0 saturated carbocycles. The number of rotatable bonds is 7. The van der Waals surface area contributed by atoms with E-state index in [2.05, 4.69) is 16.3 Å². The van der Waals surface area contributed by atoms with Crippen molar-refractivity contribution in [1.29, 1.82) is 0 Å². The zero-order valence-electron chi connectivity index (χ0n) is 17.4. The maximum Gasteiger partial charge on any atom is 0.243 e. The van der Waals surface area contributed by atoms with E-state index in [1.165, 1.54) is 17.0 Å². The van der Waals surface area contributed by atoms with Crippen molar-refractivity contribution in [2.45, 2.75) is 19.3 Å². The third kappa shape index (κ3) is 6.03. The summed E-state index contributed by atoms with van der Waals surface area (Å²) in [6.45, 7) is 0.388. The second kappa shape index (κ2) is 10.2. The number of hydrazone groups is 1. The molecule has 31 heavy (non-hydrogen) atoms. The molecule has 3 amide bonds. The van der Waals surface area contributed by atoms with Crippen molar-refractivity contribution >= 4 is 29.1 Å². The molecule has 0 fully saturated rings. The van der Waals surface area contributed by atoms with Gasteiger partial charge in [-0.05, 0) is 23.8 Å². The van der Waals surface area contributed by atoms with Crippen LogP contribution in [0.25, 0.3) is 0 Å². The van der Waals surface area contributed by atoms with Crippen LogP contribution in [-0.2, 0) is 14.4 Å². The van der Waals surface area contributed by atoms with Crippen molar-refractivity contribution in [2.75, 3.05) is 25.5 Å². The predicted octanol–water partition coefficient (Wildman–Crippen LogP) is 2.48. The van der Waals surface area contributed by atoms with Crippen LogP contribution in [0, 0.1) is 12.3 Å². The molecule has 0 spiro atoms. The number of terminal acetylenes is 1. The molecule has 0 unspecified atom stereocenters. The quantitative estimate of drug-likeness (QED) is 0.704. The number of benzene rings is 2. The molecule has 0 atom stereocenters. The molecule has 0 aliphatic carbocycles. The monoisotopic (exact) mass is 416 g/mol. The molecule has 2 aromatic carbocycles. The smallest absolute Gasteiger partial charge is 0.243 e. The average Bonchev–Trinajstić information content (AvgIpc) is 3.28. The Morgan fingerprint density at radius 3 is 2.65 bits per heavy atom. The molecule has 0 bridgehead atoms. The molecule has 0 radical (unpaired) electrons. The normalized spacial score (nSPS) is 12.6. The molecule has 1 aliphatic heterocycles. The zero-order valence-corrected chi connectivity index (χ0v) is 17.4. The van der Waals surface area contributed by atoms with Crippen LogP contribution in [0.15, 0.2) is 59.7 Å². The van der Waals surface area contributed by atoms with E-state index in [4.69, 9.17) is 6.42 Å². The number of carbonyl (C=O) groups is 3. The Morgan fingerprint density at radius 1 is 1.13 bits per heavy atom. The Bertz CT molecular complexity index is 1040. The van der Waals surface area contributed by atoms with Gasteiger partial charge in [-0.2, -0.15) is 5.10 Å². The van der Waals surface area contributed by atoms with E-state index in [1.807, 2.05) is 30.3 Å². The van der Waals surface area contributed by atoms with Gasteiger partial charge in [0.25, 0.3) is 0 Å². The Kier molecular flexibility index (Phi) is 7.17. The fraction of sp³-hybridized carbons (Fsp3) is 0.250. The van der Waals surface area contributed by atoms with Crippen molar-refractivity contribution in [3.63, 3.8) is 0 Å². The molecule has 1 heterocycles. The number of nitrogens with one attached hydrogen (secondary N) is 1. The largest absolute Gasteiger partial charge is 0.336 e. The maximum absolute atomic E-state index is 12.4. The number of hydrogen-bond acceptors (Lipinski definition) is 4. The van der Waals surface area contributed by atoms with Gasteiger partial charge >= 0.3 is 0 Å². The summed E-state index contributed by atoms with van der Waals surface area (Å²) in [7, 11) is 1.53. The minimum Gasteiger partial charge on any atom is -0.336 e. The number of carbonyl (C=O) groups excluding carboxylic acids is 3. The summed E-state index contributed by atoms with van der Waals surface area (Å²) in [4.78, 5) is 38.3. The van der Waals surface area contributed by atoms with E-state index in [0.717, 1.165) is 11.3 Å². The van der Waals surface area contributed by atoms with Gasteiger partial charge in [0.2, 0.25) is 17.7 Å². The molecule has 2 aromatic rings. The van der Waals surface area contributed by atoms with E-state index >= 15 is 0 Å². The first kappa shape index (κ1) is 21.8. The van der Waals surface area contributed by atoms with Crippen molar-refractivity contribution < 1.29 is 14.4 Å². The first-order chi connectivity index (χ1) is 15.0. The Morgan fingerprint density at radius 2 is 1.90 bits per heavy atom. The Hall–Kier alpha value is -3.92. The summed E-state index contributed by atoms with van der Waals surface area (Å²) in [5.74, 6) is 1.67.